The van der Waals surface area contributed by atoms with Gasteiger partial charge in [0.25, 0.3) is 0 Å². The number of nitrogens with two attached hydrogens (primary N) is 1. The molecule has 4 heteroatoms. The van der Waals surface area contributed by atoms with Gasteiger partial charge >= 0.3 is 0 Å². The zero-order valence-electron chi connectivity index (χ0n) is 8.78. The SMILES string of the molecule is C[C@H](O)[C@@H]1CCCN(C(=O)CCN)C1. The lowest BCUT2D eigenvalue weighted by Crippen LogP contribution is -2.43. The number of nitrogens with zero attached hydrogens (tertiary/aromatic N) is 1. The quantitative estimate of drug-likeness (QED) is 0.671. The van der Waals surface area contributed by atoms with E-state index in [0.29, 0.717) is 19.5 Å². The summed E-state index contributed by atoms with van der Waals surface area (Å²) in [5.74, 6) is 0.364. The van der Waals surface area contributed by atoms with Gasteiger partial charge in [-0.2, -0.15) is 0 Å². The third-order valence-electron chi connectivity index (χ3n) is 2.85. The Morgan fingerprint density at radius 3 is 3.00 bits per heavy atom. The Morgan fingerprint density at radius 1 is 1.71 bits per heavy atom. The standard InChI is InChI=1S/C10H20N2O2/c1-8(13)9-3-2-6-12(7-9)10(14)4-5-11/h8-9,13H,2-7,11H2,1H3/t8-,9+/m0/s1. The second-order valence-corrected chi connectivity index (χ2v) is 4.02. The molecule has 2 atom stereocenters. The summed E-state index contributed by atoms with van der Waals surface area (Å²) in [5.41, 5.74) is 5.33. The predicted molar refractivity (Wildman–Crippen MR) is 54.7 cm³/mol. The van der Waals surface area contributed by atoms with Crippen molar-refractivity contribution in [1.82, 2.24) is 4.90 Å². The molecular weight excluding hydrogens is 180 g/mol. The molecule has 1 aliphatic rings. The number of carbonyl (C=O) groups excluding carboxylic acids is 1. The Labute approximate surface area is 85.1 Å². The minimum absolute atomic E-state index is 0.123. The molecule has 0 spiro atoms. The summed E-state index contributed by atoms with van der Waals surface area (Å²) in [7, 11) is 0. The van der Waals surface area contributed by atoms with Crippen LogP contribution in [-0.2, 0) is 4.79 Å². The van der Waals surface area contributed by atoms with Gasteiger partial charge in [0.1, 0.15) is 0 Å². The van der Waals surface area contributed by atoms with Crippen LogP contribution in [0.5, 0.6) is 0 Å². The molecule has 1 rings (SSSR count). The van der Waals surface area contributed by atoms with Crippen molar-refractivity contribution in [1.29, 1.82) is 0 Å². The molecule has 0 aliphatic carbocycles. The zero-order valence-corrected chi connectivity index (χ0v) is 8.78. The molecule has 14 heavy (non-hydrogen) atoms. The highest BCUT2D eigenvalue weighted by atomic mass is 16.3. The normalized spacial score (nSPS) is 24.8. The molecule has 0 aromatic carbocycles. The maximum Gasteiger partial charge on any atom is 0.223 e. The number of rotatable bonds is 3. The summed E-state index contributed by atoms with van der Waals surface area (Å²) < 4.78 is 0. The molecule has 0 unspecified atom stereocenters. The van der Waals surface area contributed by atoms with Crippen LogP contribution in [0.25, 0.3) is 0 Å². The molecule has 1 fully saturated rings. The van der Waals surface area contributed by atoms with Gasteiger partial charge in [0.05, 0.1) is 6.10 Å². The lowest BCUT2D eigenvalue weighted by Gasteiger charge is -2.34. The number of aliphatic hydroxyl groups is 1. The topological polar surface area (TPSA) is 66.6 Å². The van der Waals surface area contributed by atoms with Crippen LogP contribution in [0.4, 0.5) is 0 Å². The average Bonchev–Trinajstić information content (AvgIpc) is 2.18. The number of hydrogen-bond acceptors (Lipinski definition) is 3. The van der Waals surface area contributed by atoms with Gasteiger partial charge in [-0.15, -0.1) is 0 Å². The van der Waals surface area contributed by atoms with Crippen molar-refractivity contribution in [3.63, 3.8) is 0 Å². The van der Waals surface area contributed by atoms with E-state index >= 15 is 0 Å². The van der Waals surface area contributed by atoms with E-state index in [4.69, 9.17) is 5.73 Å². The molecular formula is C10H20N2O2. The Hall–Kier alpha value is -0.610. The summed E-state index contributed by atoms with van der Waals surface area (Å²) in [4.78, 5) is 13.4. The summed E-state index contributed by atoms with van der Waals surface area (Å²) >= 11 is 0. The summed E-state index contributed by atoms with van der Waals surface area (Å²) in [6.07, 6.45) is 2.12. The van der Waals surface area contributed by atoms with Crippen LogP contribution >= 0.6 is 0 Å². The molecule has 82 valence electrons. The van der Waals surface area contributed by atoms with Crippen molar-refractivity contribution >= 4 is 5.91 Å². The molecule has 0 bridgehead atoms. The highest BCUT2D eigenvalue weighted by molar-refractivity contribution is 5.76. The molecule has 0 aromatic heterocycles. The summed E-state index contributed by atoms with van der Waals surface area (Å²) in [6, 6.07) is 0. The van der Waals surface area contributed by atoms with Crippen LogP contribution in [-0.4, -0.2) is 41.7 Å². The van der Waals surface area contributed by atoms with Crippen molar-refractivity contribution in [2.45, 2.75) is 32.3 Å². The lowest BCUT2D eigenvalue weighted by atomic mass is 9.93. The van der Waals surface area contributed by atoms with Gasteiger partial charge in [-0.25, -0.2) is 0 Å². The fourth-order valence-electron chi connectivity index (χ4n) is 1.91. The fraction of sp³-hybridized carbons (Fsp3) is 0.900. The van der Waals surface area contributed by atoms with Crippen LogP contribution in [0.3, 0.4) is 0 Å². The highest BCUT2D eigenvalue weighted by Gasteiger charge is 2.25. The van der Waals surface area contributed by atoms with E-state index < -0.39 is 0 Å². The first-order chi connectivity index (χ1) is 6.65. The van der Waals surface area contributed by atoms with E-state index in [1.807, 2.05) is 4.90 Å². The molecule has 0 radical (unpaired) electrons. The number of piperidine rings is 1. The van der Waals surface area contributed by atoms with Gasteiger partial charge in [-0.1, -0.05) is 0 Å². The predicted octanol–water partition coefficient (Wildman–Crippen LogP) is -0.0454. The minimum atomic E-state index is -0.316. The second kappa shape index (κ2) is 5.32. The van der Waals surface area contributed by atoms with E-state index in [1.165, 1.54) is 0 Å². The number of amides is 1. The second-order valence-electron chi connectivity index (χ2n) is 4.02. The van der Waals surface area contributed by atoms with Gasteiger partial charge in [-0.05, 0) is 19.8 Å². The van der Waals surface area contributed by atoms with Crippen LogP contribution in [0, 0.1) is 5.92 Å². The molecule has 1 amide bonds. The first-order valence-electron chi connectivity index (χ1n) is 5.31. The van der Waals surface area contributed by atoms with Crippen LogP contribution < -0.4 is 5.73 Å². The van der Waals surface area contributed by atoms with Crippen LogP contribution in [0.15, 0.2) is 0 Å². The molecule has 1 saturated heterocycles. The molecule has 0 saturated carbocycles. The minimum Gasteiger partial charge on any atom is -0.393 e. The van der Waals surface area contributed by atoms with E-state index in [0.717, 1.165) is 19.4 Å². The number of carbonyl (C=O) groups is 1. The third-order valence-corrected chi connectivity index (χ3v) is 2.85. The number of aliphatic hydroxyl groups excluding tert-OH is 1. The number of hydrogen-bond donors (Lipinski definition) is 2. The largest absolute Gasteiger partial charge is 0.393 e. The van der Waals surface area contributed by atoms with Crippen molar-refractivity contribution in [2.24, 2.45) is 11.7 Å². The van der Waals surface area contributed by atoms with Crippen LogP contribution in [0.2, 0.25) is 0 Å². The fourth-order valence-corrected chi connectivity index (χ4v) is 1.91. The van der Waals surface area contributed by atoms with E-state index in [9.17, 15) is 9.90 Å². The maximum absolute atomic E-state index is 11.5. The molecule has 3 N–H and O–H groups in total. The molecule has 1 heterocycles. The Balaban J connectivity index is 2.43. The Bertz CT molecular complexity index is 195. The van der Waals surface area contributed by atoms with Gasteiger partial charge in [0.2, 0.25) is 5.91 Å². The Morgan fingerprint density at radius 2 is 2.43 bits per heavy atom. The maximum atomic E-state index is 11.5. The lowest BCUT2D eigenvalue weighted by molar-refractivity contribution is -0.133. The van der Waals surface area contributed by atoms with Gasteiger partial charge < -0.3 is 15.7 Å². The first-order valence-corrected chi connectivity index (χ1v) is 5.31. The van der Waals surface area contributed by atoms with Crippen molar-refractivity contribution < 1.29 is 9.90 Å². The smallest absolute Gasteiger partial charge is 0.223 e. The van der Waals surface area contributed by atoms with Gasteiger partial charge in [0.15, 0.2) is 0 Å². The van der Waals surface area contributed by atoms with E-state index in [1.54, 1.807) is 6.92 Å². The zero-order chi connectivity index (χ0) is 10.6. The molecule has 0 aromatic rings. The van der Waals surface area contributed by atoms with Crippen molar-refractivity contribution in [2.75, 3.05) is 19.6 Å². The number of likely N-dealkylation sites (tertiary alicyclic amines) is 1. The van der Waals surface area contributed by atoms with Gasteiger partial charge in [0, 0.05) is 32.0 Å². The highest BCUT2D eigenvalue weighted by Crippen LogP contribution is 2.19. The van der Waals surface area contributed by atoms with E-state index in [-0.39, 0.29) is 17.9 Å². The van der Waals surface area contributed by atoms with Crippen molar-refractivity contribution in [3.05, 3.63) is 0 Å². The Kier molecular flexibility index (Phi) is 4.35. The van der Waals surface area contributed by atoms with Gasteiger partial charge in [-0.3, -0.25) is 4.79 Å². The summed E-state index contributed by atoms with van der Waals surface area (Å²) in [5, 5.41) is 9.44. The third kappa shape index (κ3) is 2.96. The van der Waals surface area contributed by atoms with E-state index in [2.05, 4.69) is 0 Å². The van der Waals surface area contributed by atoms with Crippen molar-refractivity contribution in [3.8, 4) is 0 Å². The summed E-state index contributed by atoms with van der Waals surface area (Å²) in [6.45, 7) is 3.72. The molecule has 1 aliphatic heterocycles. The average molecular weight is 200 g/mol. The first kappa shape index (κ1) is 11.5. The molecule has 4 nitrogen and oxygen atoms in total. The monoisotopic (exact) mass is 200 g/mol. The van der Waals surface area contributed by atoms with Crippen LogP contribution in [0.1, 0.15) is 26.2 Å².